The lowest BCUT2D eigenvalue weighted by Crippen LogP contribution is -2.42. The SMILES string of the molecule is Cc1ccccc1NC(=O)CN1C(=O)C2C3CC(C2C1=O)C1C3Sc2[nH]c(=O)sc2[C@@H]1c1cccc(Cl)c1Cl. The van der Waals surface area contributed by atoms with E-state index in [1.165, 1.54) is 11.3 Å². The van der Waals surface area contributed by atoms with Gasteiger partial charge in [-0.1, -0.05) is 64.9 Å². The summed E-state index contributed by atoms with van der Waals surface area (Å²) in [6.45, 7) is 1.59. The van der Waals surface area contributed by atoms with Crippen molar-refractivity contribution in [3.63, 3.8) is 0 Å². The molecule has 3 aromatic rings. The molecule has 2 aliphatic heterocycles. The van der Waals surface area contributed by atoms with Crippen LogP contribution in [-0.4, -0.2) is 39.4 Å². The topological polar surface area (TPSA) is 99.3 Å². The Morgan fingerprint density at radius 2 is 1.79 bits per heavy atom. The second kappa shape index (κ2) is 9.23. The first-order chi connectivity index (χ1) is 18.7. The van der Waals surface area contributed by atoms with Gasteiger partial charge in [0.15, 0.2) is 0 Å². The van der Waals surface area contributed by atoms with E-state index >= 15 is 0 Å². The third kappa shape index (κ3) is 3.77. The molecule has 2 bridgehead atoms. The lowest BCUT2D eigenvalue weighted by Gasteiger charge is -2.43. The van der Waals surface area contributed by atoms with Gasteiger partial charge in [-0.2, -0.15) is 0 Å². The number of benzene rings is 2. The summed E-state index contributed by atoms with van der Waals surface area (Å²) in [5.41, 5.74) is 2.40. The van der Waals surface area contributed by atoms with Crippen LogP contribution in [0.3, 0.4) is 0 Å². The molecule has 2 N–H and O–H groups in total. The van der Waals surface area contributed by atoms with Crippen LogP contribution in [0.1, 0.15) is 28.3 Å². The predicted octanol–water partition coefficient (Wildman–Crippen LogP) is 5.16. The maximum Gasteiger partial charge on any atom is 0.305 e. The molecule has 0 spiro atoms. The summed E-state index contributed by atoms with van der Waals surface area (Å²) in [5.74, 6) is -2.17. The van der Waals surface area contributed by atoms with Crippen LogP contribution in [-0.2, 0) is 14.4 Å². The molecule has 3 amide bonds. The van der Waals surface area contributed by atoms with E-state index in [0.29, 0.717) is 15.7 Å². The molecule has 2 aromatic carbocycles. The highest BCUT2D eigenvalue weighted by Crippen LogP contribution is 2.68. The second-order valence-electron chi connectivity index (χ2n) is 10.7. The molecule has 11 heteroatoms. The van der Waals surface area contributed by atoms with Gasteiger partial charge < -0.3 is 10.3 Å². The fourth-order valence-corrected chi connectivity index (χ4v) is 10.7. The lowest BCUT2D eigenvalue weighted by atomic mass is 9.68. The van der Waals surface area contributed by atoms with Crippen molar-refractivity contribution in [1.82, 2.24) is 9.88 Å². The number of amides is 3. The molecule has 7 atom stereocenters. The minimum atomic E-state index is -0.478. The van der Waals surface area contributed by atoms with Crippen LogP contribution in [0, 0.1) is 36.5 Å². The maximum absolute atomic E-state index is 13.7. The summed E-state index contributed by atoms with van der Waals surface area (Å²) in [5, 5.41) is 4.56. The van der Waals surface area contributed by atoms with E-state index in [2.05, 4.69) is 10.3 Å². The number of likely N-dealkylation sites (tertiary alicyclic amines) is 1. The Bertz CT molecular complexity index is 1620. The fourth-order valence-electron chi connectivity index (χ4n) is 7.39. The number of aromatic nitrogens is 1. The van der Waals surface area contributed by atoms with Gasteiger partial charge in [0.1, 0.15) is 6.54 Å². The normalized spacial score (nSPS) is 30.3. The number of carbonyl (C=O) groups excluding carboxylic acids is 3. The summed E-state index contributed by atoms with van der Waals surface area (Å²) in [6.07, 6.45) is 0.756. The zero-order valence-electron chi connectivity index (χ0n) is 20.6. The number of nitrogens with one attached hydrogen (secondary N) is 2. The van der Waals surface area contributed by atoms with E-state index in [0.717, 1.165) is 32.4 Å². The number of fused-ring (bicyclic) bond motifs is 9. The van der Waals surface area contributed by atoms with E-state index in [1.54, 1.807) is 23.9 Å². The van der Waals surface area contributed by atoms with Crippen LogP contribution in [0.2, 0.25) is 10.0 Å². The molecular formula is C28H23Cl2N3O4S2. The fraction of sp³-hybridized carbons (Fsp3) is 0.357. The van der Waals surface area contributed by atoms with E-state index in [-0.39, 0.29) is 52.2 Å². The molecule has 7 rings (SSSR count). The molecule has 4 aliphatic rings. The number of thiazole rings is 1. The Morgan fingerprint density at radius 1 is 1.05 bits per heavy atom. The first kappa shape index (κ1) is 25.4. The summed E-state index contributed by atoms with van der Waals surface area (Å²) in [4.78, 5) is 57.6. The highest BCUT2D eigenvalue weighted by molar-refractivity contribution is 8.00. The minimum Gasteiger partial charge on any atom is -0.324 e. The monoisotopic (exact) mass is 599 g/mol. The molecule has 1 aromatic heterocycles. The highest BCUT2D eigenvalue weighted by atomic mass is 35.5. The van der Waals surface area contributed by atoms with E-state index in [1.807, 2.05) is 37.3 Å². The van der Waals surface area contributed by atoms with Crippen molar-refractivity contribution >= 4 is 69.7 Å². The van der Waals surface area contributed by atoms with E-state index in [9.17, 15) is 19.2 Å². The van der Waals surface area contributed by atoms with Crippen LogP contribution in [0.15, 0.2) is 52.3 Å². The smallest absolute Gasteiger partial charge is 0.305 e. The third-order valence-corrected chi connectivity index (χ3v) is 12.3. The van der Waals surface area contributed by atoms with Crippen molar-refractivity contribution in [2.75, 3.05) is 11.9 Å². The number of para-hydroxylation sites is 1. The van der Waals surface area contributed by atoms with E-state index in [4.69, 9.17) is 23.2 Å². The number of aromatic amines is 1. The van der Waals surface area contributed by atoms with Crippen LogP contribution < -0.4 is 10.2 Å². The highest BCUT2D eigenvalue weighted by Gasteiger charge is 2.69. The molecule has 3 heterocycles. The number of hydrogen-bond acceptors (Lipinski definition) is 6. The standard InChI is InChI=1S/C28H23Cl2N3O4S2/c1-11-5-2-3-8-16(11)31-17(34)10-33-26(35)20-13-9-14(21(20)27(33)36)23-19(13)18(12-6-4-7-15(29)22(12)30)24-25(38-23)32-28(37)39-24/h2-8,13-14,18-21,23H,9-10H2,1H3,(H,31,34)(H,32,37)/t13?,14?,18-,19?,20?,21?,23?/m1/s1. The first-order valence-corrected chi connectivity index (χ1v) is 15.2. The number of hydrogen-bond donors (Lipinski definition) is 2. The van der Waals surface area contributed by atoms with Gasteiger partial charge in [0.05, 0.1) is 26.9 Å². The number of imide groups is 1. The van der Waals surface area contributed by atoms with Crippen molar-refractivity contribution in [2.24, 2.45) is 29.6 Å². The van der Waals surface area contributed by atoms with Crippen molar-refractivity contribution in [3.05, 3.63) is 78.2 Å². The van der Waals surface area contributed by atoms with Gasteiger partial charge in [-0.05, 0) is 54.4 Å². The van der Waals surface area contributed by atoms with Crippen LogP contribution >= 0.6 is 46.3 Å². The van der Waals surface area contributed by atoms with Crippen molar-refractivity contribution < 1.29 is 14.4 Å². The van der Waals surface area contributed by atoms with Gasteiger partial charge in [0.25, 0.3) is 0 Å². The number of halogens is 2. The minimum absolute atomic E-state index is 0.00802. The quantitative estimate of drug-likeness (QED) is 0.403. The van der Waals surface area contributed by atoms with Gasteiger partial charge in [-0.25, -0.2) is 0 Å². The molecule has 0 radical (unpaired) electrons. The van der Waals surface area contributed by atoms with Crippen LogP contribution in [0.5, 0.6) is 0 Å². The summed E-state index contributed by atoms with van der Waals surface area (Å²) in [6, 6.07) is 12.9. The number of nitrogens with zero attached hydrogens (tertiary/aromatic N) is 1. The van der Waals surface area contributed by atoms with Gasteiger partial charge >= 0.3 is 4.87 Å². The first-order valence-electron chi connectivity index (χ1n) is 12.8. The summed E-state index contributed by atoms with van der Waals surface area (Å²) >= 11 is 15.9. The number of carbonyl (C=O) groups is 3. The molecular weight excluding hydrogens is 577 g/mol. The summed E-state index contributed by atoms with van der Waals surface area (Å²) < 4.78 is 0. The van der Waals surface area contributed by atoms with Crippen LogP contribution in [0.4, 0.5) is 5.69 Å². The number of H-pyrrole nitrogens is 1. The zero-order chi connectivity index (χ0) is 27.2. The molecule has 2 saturated carbocycles. The molecule has 6 unspecified atom stereocenters. The molecule has 39 heavy (non-hydrogen) atoms. The average Bonchev–Trinajstić information content (AvgIpc) is 3.63. The number of anilines is 1. The van der Waals surface area contributed by atoms with Crippen molar-refractivity contribution in [3.8, 4) is 0 Å². The lowest BCUT2D eigenvalue weighted by molar-refractivity contribution is -0.143. The van der Waals surface area contributed by atoms with Crippen molar-refractivity contribution in [2.45, 2.75) is 29.5 Å². The van der Waals surface area contributed by atoms with Gasteiger partial charge in [-0.15, -0.1) is 11.8 Å². The largest absolute Gasteiger partial charge is 0.324 e. The van der Waals surface area contributed by atoms with Gasteiger partial charge in [0, 0.05) is 21.7 Å². The molecule has 200 valence electrons. The number of aryl methyl sites for hydroxylation is 1. The molecule has 1 saturated heterocycles. The maximum atomic E-state index is 13.7. The van der Waals surface area contributed by atoms with Gasteiger partial charge in [0.2, 0.25) is 17.7 Å². The zero-order valence-corrected chi connectivity index (χ0v) is 23.8. The number of thioether (sulfide) groups is 1. The Labute approximate surface area is 242 Å². The Morgan fingerprint density at radius 3 is 2.56 bits per heavy atom. The average molecular weight is 601 g/mol. The van der Waals surface area contributed by atoms with E-state index < -0.39 is 17.7 Å². The molecule has 2 aliphatic carbocycles. The molecule has 7 nitrogen and oxygen atoms in total. The summed E-state index contributed by atoms with van der Waals surface area (Å²) in [7, 11) is 0. The number of rotatable bonds is 4. The second-order valence-corrected chi connectivity index (χ2v) is 13.7. The van der Waals surface area contributed by atoms with Crippen molar-refractivity contribution in [1.29, 1.82) is 0 Å². The Hall–Kier alpha value is -2.59. The van der Waals surface area contributed by atoms with Gasteiger partial charge in [-0.3, -0.25) is 24.1 Å². The third-order valence-electron chi connectivity index (χ3n) is 8.85. The molecule has 3 fully saturated rings. The predicted molar refractivity (Wildman–Crippen MR) is 151 cm³/mol. The Kier molecular flexibility index (Phi) is 6.01. The van der Waals surface area contributed by atoms with Crippen LogP contribution in [0.25, 0.3) is 0 Å². The Balaban J connectivity index is 1.22.